The van der Waals surface area contributed by atoms with Gasteiger partial charge >= 0.3 is 5.97 Å². The fourth-order valence-corrected chi connectivity index (χ4v) is 5.49. The molecule has 4 rings (SSSR count). The fraction of sp³-hybridized carbons (Fsp3) is 0.500. The molecular formula is C26H36NO6S+. The van der Waals surface area contributed by atoms with Gasteiger partial charge in [-0.05, 0) is 30.5 Å². The third-order valence-electron chi connectivity index (χ3n) is 6.75. The molecule has 2 aromatic rings. The van der Waals surface area contributed by atoms with Crippen molar-refractivity contribution in [3.8, 4) is 0 Å². The van der Waals surface area contributed by atoms with Gasteiger partial charge < -0.3 is 14.3 Å². The number of hydrogen-bond acceptors (Lipinski definition) is 6. The molecule has 1 saturated heterocycles. The van der Waals surface area contributed by atoms with Crippen molar-refractivity contribution in [2.45, 2.75) is 48.7 Å². The van der Waals surface area contributed by atoms with Gasteiger partial charge in [0.05, 0.1) is 32.6 Å². The zero-order valence-corrected chi connectivity index (χ0v) is 21.0. The van der Waals surface area contributed by atoms with Gasteiger partial charge in [-0.2, -0.15) is 8.42 Å². The molecular weight excluding hydrogens is 454 g/mol. The number of rotatable bonds is 6. The van der Waals surface area contributed by atoms with Crippen molar-refractivity contribution < 1.29 is 31.7 Å². The molecule has 34 heavy (non-hydrogen) atoms. The van der Waals surface area contributed by atoms with Gasteiger partial charge in [0, 0.05) is 12.3 Å². The molecule has 1 aliphatic carbocycles. The highest BCUT2D eigenvalue weighted by atomic mass is 32.2. The van der Waals surface area contributed by atoms with E-state index in [1.54, 1.807) is 18.2 Å². The second kappa shape index (κ2) is 11.0. The number of likely N-dealkylation sites (N-methyl/N-ethyl adjacent to an activating group) is 1. The molecule has 0 amide bonds. The quantitative estimate of drug-likeness (QED) is 0.379. The van der Waals surface area contributed by atoms with Gasteiger partial charge in [0.15, 0.2) is 11.7 Å². The third kappa shape index (κ3) is 6.24. The maximum atomic E-state index is 12.9. The van der Waals surface area contributed by atoms with Crippen LogP contribution in [-0.2, 0) is 29.4 Å². The highest BCUT2D eigenvalue weighted by Gasteiger charge is 2.49. The number of carbonyl (C=O) groups is 1. The van der Waals surface area contributed by atoms with Gasteiger partial charge in [0.2, 0.25) is 0 Å². The zero-order valence-electron chi connectivity index (χ0n) is 20.2. The van der Waals surface area contributed by atoms with Gasteiger partial charge in [-0.15, -0.1) is 0 Å². The minimum Gasteiger partial charge on any atom is -0.454 e. The molecule has 8 heteroatoms. The molecule has 0 aromatic heterocycles. The number of benzene rings is 2. The summed E-state index contributed by atoms with van der Waals surface area (Å²) in [7, 11) is 1.94. The average molecular weight is 491 g/mol. The Bertz CT molecular complexity index is 1040. The Morgan fingerprint density at radius 2 is 1.53 bits per heavy atom. The van der Waals surface area contributed by atoms with E-state index < -0.39 is 21.7 Å². The van der Waals surface area contributed by atoms with E-state index in [0.29, 0.717) is 5.56 Å². The summed E-state index contributed by atoms with van der Waals surface area (Å²) in [5.41, 5.74) is -0.832. The number of ether oxygens (including phenoxy) is 1. The molecule has 0 unspecified atom stereocenters. The minimum absolute atomic E-state index is 0.0405. The van der Waals surface area contributed by atoms with Crippen LogP contribution in [0.15, 0.2) is 65.6 Å². The topological polar surface area (TPSA) is 89.9 Å². The monoisotopic (exact) mass is 490 g/mol. The van der Waals surface area contributed by atoms with Gasteiger partial charge in [-0.1, -0.05) is 61.4 Å². The number of nitrogens with zero attached hydrogens (tertiary/aromatic N) is 1. The van der Waals surface area contributed by atoms with Crippen LogP contribution in [0.2, 0.25) is 0 Å². The van der Waals surface area contributed by atoms with E-state index in [1.807, 2.05) is 30.3 Å². The maximum Gasteiger partial charge on any atom is 0.343 e. The Balaban J connectivity index is 0.000000248. The maximum absolute atomic E-state index is 12.9. The SMILES string of the molecule is COS(=O)(=O)c1ccccc1.C[N+]1(C)CC[C@@H](OC(=O)[C@@](O)(c2ccccc2)C2CCCC2)C1. The fourth-order valence-electron chi connectivity index (χ4n) is 4.80. The summed E-state index contributed by atoms with van der Waals surface area (Å²) in [6.07, 6.45) is 4.68. The molecule has 2 atom stereocenters. The molecule has 1 heterocycles. The van der Waals surface area contributed by atoms with E-state index in [0.717, 1.165) is 56.8 Å². The van der Waals surface area contributed by atoms with Crippen molar-refractivity contribution in [2.24, 2.45) is 5.92 Å². The molecule has 2 aliphatic rings. The van der Waals surface area contributed by atoms with Crippen molar-refractivity contribution in [3.63, 3.8) is 0 Å². The zero-order chi connectivity index (χ0) is 24.8. The normalized spacial score (nSPS) is 21.8. The predicted molar refractivity (Wildman–Crippen MR) is 129 cm³/mol. The number of likely N-dealkylation sites (tertiary alicyclic amines) is 1. The Morgan fingerprint density at radius 1 is 0.971 bits per heavy atom. The van der Waals surface area contributed by atoms with Gasteiger partial charge in [-0.25, -0.2) is 4.79 Å². The summed E-state index contributed by atoms with van der Waals surface area (Å²) in [5.74, 6) is -0.496. The summed E-state index contributed by atoms with van der Waals surface area (Å²) < 4.78 is 32.9. The van der Waals surface area contributed by atoms with Crippen LogP contribution < -0.4 is 0 Å². The van der Waals surface area contributed by atoms with Crippen molar-refractivity contribution >= 4 is 16.1 Å². The molecule has 0 spiro atoms. The van der Waals surface area contributed by atoms with Crippen LogP contribution >= 0.6 is 0 Å². The van der Waals surface area contributed by atoms with Crippen LogP contribution in [0, 0.1) is 5.92 Å². The van der Waals surface area contributed by atoms with Crippen molar-refractivity contribution in [1.82, 2.24) is 0 Å². The molecule has 0 bridgehead atoms. The number of carbonyl (C=O) groups excluding carboxylic acids is 1. The Hall–Kier alpha value is -2.26. The Labute approximate surface area is 203 Å². The summed E-state index contributed by atoms with van der Waals surface area (Å²) >= 11 is 0. The average Bonchev–Trinajstić information content (AvgIpc) is 3.50. The largest absolute Gasteiger partial charge is 0.454 e. The van der Waals surface area contributed by atoms with Crippen LogP contribution in [0.5, 0.6) is 0 Å². The molecule has 1 aliphatic heterocycles. The highest BCUT2D eigenvalue weighted by molar-refractivity contribution is 7.86. The standard InChI is InChI=1S/C19H28NO3.C7H8O3S/c1-20(2)13-12-17(14-20)23-18(21)19(22,16-10-6-7-11-16)15-8-4-3-5-9-15;1-10-11(8,9)7-5-3-2-4-6-7/h3-5,8-9,16-17,22H,6-7,10-14H2,1-2H3;2-6H,1H3/q+1;/t17-,19-;/m1./s1. The van der Waals surface area contributed by atoms with E-state index >= 15 is 0 Å². The third-order valence-corrected chi connectivity index (χ3v) is 8.04. The number of esters is 1. The van der Waals surface area contributed by atoms with Crippen LogP contribution in [0.25, 0.3) is 0 Å². The Kier molecular flexibility index (Phi) is 8.52. The van der Waals surface area contributed by atoms with E-state index in [9.17, 15) is 18.3 Å². The summed E-state index contributed by atoms with van der Waals surface area (Å²) in [5, 5.41) is 11.4. The predicted octanol–water partition coefficient (Wildman–Crippen LogP) is 3.48. The number of aliphatic hydroxyl groups is 1. The van der Waals surface area contributed by atoms with E-state index in [-0.39, 0.29) is 16.9 Å². The first-order valence-electron chi connectivity index (χ1n) is 11.7. The highest BCUT2D eigenvalue weighted by Crippen LogP contribution is 2.42. The molecule has 2 aromatic carbocycles. The summed E-state index contributed by atoms with van der Waals surface area (Å²) in [6, 6.07) is 17.3. The first kappa shape index (κ1) is 26.3. The van der Waals surface area contributed by atoms with E-state index in [1.165, 1.54) is 12.1 Å². The van der Waals surface area contributed by atoms with Crippen LogP contribution in [0.1, 0.15) is 37.7 Å². The molecule has 186 valence electrons. The second-order valence-corrected chi connectivity index (χ2v) is 11.4. The molecule has 1 N–H and O–H groups in total. The Morgan fingerprint density at radius 3 is 2.03 bits per heavy atom. The summed E-state index contributed by atoms with van der Waals surface area (Å²) in [4.78, 5) is 13.1. The molecule has 2 fully saturated rings. The van der Waals surface area contributed by atoms with Crippen LogP contribution in [-0.4, -0.2) is 64.4 Å². The lowest BCUT2D eigenvalue weighted by atomic mass is 9.80. The molecule has 0 radical (unpaired) electrons. The van der Waals surface area contributed by atoms with Crippen LogP contribution in [0.3, 0.4) is 0 Å². The lowest BCUT2D eigenvalue weighted by molar-refractivity contribution is -0.879. The second-order valence-electron chi connectivity index (χ2n) is 9.71. The lowest BCUT2D eigenvalue weighted by Gasteiger charge is -2.33. The van der Waals surface area contributed by atoms with E-state index in [2.05, 4.69) is 18.3 Å². The van der Waals surface area contributed by atoms with Gasteiger partial charge in [0.25, 0.3) is 10.1 Å². The van der Waals surface area contributed by atoms with E-state index in [4.69, 9.17) is 4.74 Å². The first-order valence-corrected chi connectivity index (χ1v) is 13.2. The van der Waals surface area contributed by atoms with Gasteiger partial charge in [-0.3, -0.25) is 4.18 Å². The number of quaternary nitrogens is 1. The van der Waals surface area contributed by atoms with Crippen molar-refractivity contribution in [1.29, 1.82) is 0 Å². The molecule has 7 nitrogen and oxygen atoms in total. The smallest absolute Gasteiger partial charge is 0.343 e. The lowest BCUT2D eigenvalue weighted by Crippen LogP contribution is -2.46. The molecule has 1 saturated carbocycles. The van der Waals surface area contributed by atoms with Crippen molar-refractivity contribution in [2.75, 3.05) is 34.3 Å². The van der Waals surface area contributed by atoms with Crippen LogP contribution in [0.4, 0.5) is 0 Å². The first-order chi connectivity index (χ1) is 16.1. The van der Waals surface area contributed by atoms with Gasteiger partial charge in [0.1, 0.15) is 6.54 Å². The summed E-state index contributed by atoms with van der Waals surface area (Å²) in [6.45, 7) is 1.83. The number of hydrogen-bond donors (Lipinski definition) is 1. The minimum atomic E-state index is -3.50. The van der Waals surface area contributed by atoms with Crippen molar-refractivity contribution in [3.05, 3.63) is 66.2 Å².